The highest BCUT2D eigenvalue weighted by Gasteiger charge is 2.29. The lowest BCUT2D eigenvalue weighted by atomic mass is 9.98. The van der Waals surface area contributed by atoms with Gasteiger partial charge in [-0.1, -0.05) is 54.6 Å². The van der Waals surface area contributed by atoms with Gasteiger partial charge in [0.2, 0.25) is 11.8 Å². The number of carboxylic acids is 1. The highest BCUT2D eigenvalue weighted by molar-refractivity contribution is 5.87. The first-order valence-electron chi connectivity index (χ1n) is 9.97. The topological polar surface area (TPSA) is 134 Å². The van der Waals surface area contributed by atoms with E-state index in [2.05, 4.69) is 16.0 Å². The third-order valence-electron chi connectivity index (χ3n) is 4.86. The summed E-state index contributed by atoms with van der Waals surface area (Å²) in [5.41, 5.74) is 4.41. The second-order valence-electron chi connectivity index (χ2n) is 7.00. The molecule has 2 aromatic rings. The summed E-state index contributed by atoms with van der Waals surface area (Å²) in [6.07, 6.45) is 1.43. The molecule has 0 aromatic heterocycles. The molecule has 0 aliphatic heterocycles. The van der Waals surface area contributed by atoms with Crippen molar-refractivity contribution in [1.29, 1.82) is 0 Å². The number of carboxylic acid groups (broad SMARTS) is 1. The van der Waals surface area contributed by atoms with Gasteiger partial charge in [0.1, 0.15) is 13.2 Å². The van der Waals surface area contributed by atoms with E-state index in [0.29, 0.717) is 0 Å². The first-order valence-corrected chi connectivity index (χ1v) is 9.97. The summed E-state index contributed by atoms with van der Waals surface area (Å²) in [5, 5.41) is 15.6. The number of rotatable bonds is 9. The number of fused-ring (bicyclic) bond motifs is 3. The SMILES string of the molecule is O=C(O)/C=C/CNC(=O)CNC(=O)CNC(=O)OCC1c2ccccc2-c2ccccc21. The van der Waals surface area contributed by atoms with E-state index >= 15 is 0 Å². The Morgan fingerprint density at radius 3 is 2.03 bits per heavy atom. The van der Waals surface area contributed by atoms with Crippen molar-refractivity contribution in [2.24, 2.45) is 0 Å². The summed E-state index contributed by atoms with van der Waals surface area (Å²) in [6, 6.07) is 15.9. The number of carbonyl (C=O) groups excluding carboxylic acids is 3. The maximum Gasteiger partial charge on any atom is 0.407 e. The van der Waals surface area contributed by atoms with Gasteiger partial charge in [-0.2, -0.15) is 0 Å². The van der Waals surface area contributed by atoms with Crippen molar-refractivity contribution < 1.29 is 29.0 Å². The van der Waals surface area contributed by atoms with Crippen molar-refractivity contribution in [3.8, 4) is 11.1 Å². The van der Waals surface area contributed by atoms with Crippen molar-refractivity contribution in [1.82, 2.24) is 16.0 Å². The van der Waals surface area contributed by atoms with Crippen LogP contribution in [0.4, 0.5) is 4.79 Å². The molecular weight excluding hydrogens is 414 g/mol. The average molecular weight is 437 g/mol. The van der Waals surface area contributed by atoms with Crippen molar-refractivity contribution in [2.75, 3.05) is 26.2 Å². The number of benzene rings is 2. The molecule has 9 heteroatoms. The monoisotopic (exact) mass is 437 g/mol. The molecule has 0 heterocycles. The molecule has 2 aromatic carbocycles. The van der Waals surface area contributed by atoms with Crippen LogP contribution in [0.25, 0.3) is 11.1 Å². The number of alkyl carbamates (subject to hydrolysis) is 1. The van der Waals surface area contributed by atoms with Crippen LogP contribution in [0.5, 0.6) is 0 Å². The molecule has 166 valence electrons. The Morgan fingerprint density at radius 1 is 0.844 bits per heavy atom. The van der Waals surface area contributed by atoms with Gasteiger partial charge in [-0.05, 0) is 22.3 Å². The standard InChI is InChI=1S/C23H23N3O6/c27-20(24-11-5-10-22(29)30)12-25-21(28)13-26-23(31)32-14-19-17-8-3-1-6-15(17)16-7-2-4-9-18(16)19/h1-10,19H,11-14H2,(H,24,27)(H,25,28)(H,26,31)(H,29,30)/b10-5+. The summed E-state index contributed by atoms with van der Waals surface area (Å²) in [6.45, 7) is -0.484. The summed E-state index contributed by atoms with van der Waals surface area (Å²) in [4.78, 5) is 45.7. The third-order valence-corrected chi connectivity index (χ3v) is 4.86. The number of ether oxygens (including phenoxy) is 1. The van der Waals surface area contributed by atoms with Crippen LogP contribution in [0.2, 0.25) is 0 Å². The van der Waals surface area contributed by atoms with E-state index in [0.717, 1.165) is 28.3 Å². The van der Waals surface area contributed by atoms with E-state index in [4.69, 9.17) is 9.84 Å². The van der Waals surface area contributed by atoms with Crippen molar-refractivity contribution in [2.45, 2.75) is 5.92 Å². The zero-order valence-electron chi connectivity index (χ0n) is 17.2. The Balaban J connectivity index is 1.40. The van der Waals surface area contributed by atoms with Crippen LogP contribution < -0.4 is 16.0 Å². The number of hydrogen-bond acceptors (Lipinski definition) is 5. The summed E-state index contributed by atoms with van der Waals surface area (Å²) < 4.78 is 5.34. The summed E-state index contributed by atoms with van der Waals surface area (Å²) in [5.74, 6) is -2.25. The molecule has 0 unspecified atom stereocenters. The minimum Gasteiger partial charge on any atom is -0.478 e. The van der Waals surface area contributed by atoms with E-state index < -0.39 is 23.9 Å². The summed E-state index contributed by atoms with van der Waals surface area (Å²) >= 11 is 0. The first-order chi connectivity index (χ1) is 15.5. The summed E-state index contributed by atoms with van der Waals surface area (Å²) in [7, 11) is 0. The van der Waals surface area contributed by atoms with E-state index in [1.807, 2.05) is 48.5 Å². The van der Waals surface area contributed by atoms with E-state index in [-0.39, 0.29) is 32.2 Å². The number of carbonyl (C=O) groups is 4. The number of amides is 3. The van der Waals surface area contributed by atoms with Crippen molar-refractivity contribution in [3.05, 3.63) is 71.8 Å². The fourth-order valence-corrected chi connectivity index (χ4v) is 3.44. The minimum atomic E-state index is -1.12. The molecule has 1 aliphatic rings. The molecule has 0 fully saturated rings. The predicted octanol–water partition coefficient (Wildman–Crippen LogP) is 1.40. The molecule has 0 atom stereocenters. The van der Waals surface area contributed by atoms with E-state index in [1.165, 1.54) is 6.08 Å². The molecule has 0 spiro atoms. The van der Waals surface area contributed by atoms with Gasteiger partial charge < -0.3 is 25.8 Å². The fourth-order valence-electron chi connectivity index (χ4n) is 3.44. The van der Waals surface area contributed by atoms with Gasteiger partial charge in [0.15, 0.2) is 0 Å². The maximum atomic E-state index is 12.0. The number of nitrogens with one attached hydrogen (secondary N) is 3. The average Bonchev–Trinajstić information content (AvgIpc) is 3.11. The molecule has 32 heavy (non-hydrogen) atoms. The van der Waals surface area contributed by atoms with Crippen LogP contribution in [0.1, 0.15) is 17.0 Å². The Kier molecular flexibility index (Phi) is 7.58. The quantitative estimate of drug-likeness (QED) is 0.438. The lowest BCUT2D eigenvalue weighted by molar-refractivity contribution is -0.131. The van der Waals surface area contributed by atoms with Crippen LogP contribution in [0.3, 0.4) is 0 Å². The van der Waals surface area contributed by atoms with E-state index in [1.54, 1.807) is 0 Å². The van der Waals surface area contributed by atoms with Crippen LogP contribution in [0, 0.1) is 0 Å². The molecule has 0 saturated carbocycles. The highest BCUT2D eigenvalue weighted by Crippen LogP contribution is 2.44. The fraction of sp³-hybridized carbons (Fsp3) is 0.217. The molecule has 0 bridgehead atoms. The van der Waals surface area contributed by atoms with Crippen LogP contribution in [0.15, 0.2) is 60.7 Å². The van der Waals surface area contributed by atoms with Gasteiger partial charge in [-0.15, -0.1) is 0 Å². The van der Waals surface area contributed by atoms with Crippen LogP contribution >= 0.6 is 0 Å². The van der Waals surface area contributed by atoms with Gasteiger partial charge in [-0.3, -0.25) is 9.59 Å². The third kappa shape index (κ3) is 5.94. The molecule has 0 radical (unpaired) electrons. The van der Waals surface area contributed by atoms with Gasteiger partial charge in [-0.25, -0.2) is 9.59 Å². The lowest BCUT2D eigenvalue weighted by Crippen LogP contribution is -2.42. The molecule has 0 saturated heterocycles. The second-order valence-corrected chi connectivity index (χ2v) is 7.00. The predicted molar refractivity (Wildman–Crippen MR) is 116 cm³/mol. The first kappa shape index (κ1) is 22.5. The normalized spacial score (nSPS) is 12.0. The molecule has 9 nitrogen and oxygen atoms in total. The second kappa shape index (κ2) is 10.8. The van der Waals surface area contributed by atoms with Crippen molar-refractivity contribution in [3.63, 3.8) is 0 Å². The zero-order valence-corrected chi connectivity index (χ0v) is 17.2. The molecule has 3 rings (SSSR count). The van der Waals surface area contributed by atoms with Gasteiger partial charge >= 0.3 is 12.1 Å². The maximum absolute atomic E-state index is 12.0. The lowest BCUT2D eigenvalue weighted by Gasteiger charge is -2.14. The van der Waals surface area contributed by atoms with E-state index in [9.17, 15) is 19.2 Å². The Bertz CT molecular complexity index is 1000. The van der Waals surface area contributed by atoms with Gasteiger partial charge in [0.25, 0.3) is 0 Å². The van der Waals surface area contributed by atoms with Crippen LogP contribution in [-0.4, -0.2) is 55.2 Å². The largest absolute Gasteiger partial charge is 0.478 e. The number of aliphatic carboxylic acids is 1. The van der Waals surface area contributed by atoms with Crippen LogP contribution in [-0.2, 0) is 19.1 Å². The molecule has 4 N–H and O–H groups in total. The zero-order chi connectivity index (χ0) is 22.9. The Labute approximate surface area is 184 Å². The van der Waals surface area contributed by atoms with Gasteiger partial charge in [0, 0.05) is 18.5 Å². The Hall–Kier alpha value is -4.14. The Morgan fingerprint density at radius 2 is 1.41 bits per heavy atom. The molecular formula is C23H23N3O6. The smallest absolute Gasteiger partial charge is 0.407 e. The van der Waals surface area contributed by atoms with Crippen molar-refractivity contribution >= 4 is 23.9 Å². The highest BCUT2D eigenvalue weighted by atomic mass is 16.5. The molecule has 3 amide bonds. The molecule has 1 aliphatic carbocycles. The minimum absolute atomic E-state index is 0.0268. The van der Waals surface area contributed by atoms with Gasteiger partial charge in [0.05, 0.1) is 6.54 Å². The number of hydrogen-bond donors (Lipinski definition) is 4.